The quantitative estimate of drug-likeness (QED) is 0.670. The molecule has 142 valence electrons. The maximum absolute atomic E-state index is 10.5. The zero-order valence-electron chi connectivity index (χ0n) is 27.0. The number of rotatable bonds is 10. The summed E-state index contributed by atoms with van der Waals surface area (Å²) >= 11 is 0. The minimum atomic E-state index is -2.99. The first-order valence-electron chi connectivity index (χ1n) is 14.0. The summed E-state index contributed by atoms with van der Waals surface area (Å²) in [5, 5.41) is 10.5. The number of aliphatic hydroxyl groups is 1. The van der Waals surface area contributed by atoms with Gasteiger partial charge in [-0.1, -0.05) is 18.5 Å². The maximum Gasteiger partial charge on any atom is 0.160 e. The summed E-state index contributed by atoms with van der Waals surface area (Å²) in [6.07, 6.45) is -6.13. The van der Waals surface area contributed by atoms with Crippen molar-refractivity contribution in [3.8, 4) is 17.2 Å². The second-order valence-electron chi connectivity index (χ2n) is 5.55. The average Bonchev–Trinajstić information content (AvgIpc) is 2.81. The molecule has 2 aromatic rings. The summed E-state index contributed by atoms with van der Waals surface area (Å²) < 4.78 is 111. The first kappa shape index (κ1) is 9.14. The first-order chi connectivity index (χ1) is 17.2. The predicted octanol–water partition coefficient (Wildman–Crippen LogP) is 4.47. The van der Waals surface area contributed by atoms with Crippen LogP contribution < -0.4 is 14.2 Å². The molecule has 0 heterocycles. The molecule has 4 heteroatoms. The average molecular weight is 371 g/mol. The van der Waals surface area contributed by atoms with Gasteiger partial charge in [0.15, 0.2) is 11.5 Å². The van der Waals surface area contributed by atoms with E-state index < -0.39 is 75.0 Å². The fourth-order valence-electron chi connectivity index (χ4n) is 2.00. The number of hydrogen-bond donors (Lipinski definition) is 1. The van der Waals surface area contributed by atoms with E-state index in [9.17, 15) is 5.11 Å². The topological polar surface area (TPSA) is 47.9 Å². The van der Waals surface area contributed by atoms with E-state index in [1.54, 1.807) is 13.8 Å². The molecule has 1 N–H and O–H groups in total. The second kappa shape index (κ2) is 10.1. The highest BCUT2D eigenvalue weighted by Gasteiger charge is 2.07. The highest BCUT2D eigenvalue weighted by molar-refractivity contribution is 5.42. The number of hydrogen-bond acceptors (Lipinski definition) is 4. The summed E-state index contributed by atoms with van der Waals surface area (Å²) in [4.78, 5) is 0. The molecule has 0 spiro atoms. The van der Waals surface area contributed by atoms with Crippen LogP contribution in [0.25, 0.3) is 0 Å². The lowest BCUT2D eigenvalue weighted by molar-refractivity contribution is 0.0976. The van der Waals surface area contributed by atoms with Gasteiger partial charge in [0.05, 0.1) is 33.9 Å². The van der Waals surface area contributed by atoms with E-state index in [0.29, 0.717) is 11.1 Å². The molecular formula is C22H30O4. The summed E-state index contributed by atoms with van der Waals surface area (Å²) in [6.45, 7) is 2.46. The van der Waals surface area contributed by atoms with Crippen LogP contribution in [0.5, 0.6) is 17.2 Å². The molecule has 0 aromatic heterocycles. The minimum Gasteiger partial charge on any atom is -0.493 e. The smallest absolute Gasteiger partial charge is 0.160 e. The number of ether oxygens (including phenoxy) is 3. The standard InChI is InChI=1S/C22H30O4/c1-16-9-11-20(13-17(16)2)26-15-19(23)8-6-5-7-18-10-12-21(24-3)22(14-18)25-4/h9-14,19,23H,5-8,15H2,1-4H3/i4D3,5D2,9D,10D,11D,12D,13D,14D,19D. The Morgan fingerprint density at radius 2 is 2.00 bits per heavy atom. The van der Waals surface area contributed by atoms with Crippen LogP contribution in [-0.2, 0) is 6.42 Å². The van der Waals surface area contributed by atoms with Crippen LogP contribution in [0.15, 0.2) is 36.3 Å². The van der Waals surface area contributed by atoms with E-state index in [1.807, 2.05) is 0 Å². The highest BCUT2D eigenvalue weighted by atomic mass is 16.5. The molecular weight excluding hydrogens is 328 g/mol. The molecule has 1 unspecified atom stereocenters. The molecule has 0 fully saturated rings. The van der Waals surface area contributed by atoms with Crippen molar-refractivity contribution in [1.29, 1.82) is 0 Å². The summed E-state index contributed by atoms with van der Waals surface area (Å²) in [7, 11) is -1.88. The van der Waals surface area contributed by atoms with Crippen molar-refractivity contribution in [3.05, 3.63) is 52.9 Å². The van der Waals surface area contributed by atoms with Crippen molar-refractivity contribution >= 4 is 0 Å². The largest absolute Gasteiger partial charge is 0.493 e. The van der Waals surface area contributed by atoms with Gasteiger partial charge in [-0.3, -0.25) is 0 Å². The number of methoxy groups -OCH3 is 2. The first-order valence-corrected chi connectivity index (χ1v) is 8.00. The minimum absolute atomic E-state index is 0.147. The lowest BCUT2D eigenvalue weighted by Crippen LogP contribution is -2.17. The Morgan fingerprint density at radius 3 is 2.77 bits per heavy atom. The van der Waals surface area contributed by atoms with Gasteiger partial charge in [0.1, 0.15) is 12.4 Å². The van der Waals surface area contributed by atoms with E-state index >= 15 is 0 Å². The van der Waals surface area contributed by atoms with Crippen molar-refractivity contribution in [1.82, 2.24) is 0 Å². The van der Waals surface area contributed by atoms with Crippen LogP contribution >= 0.6 is 0 Å². The molecule has 4 nitrogen and oxygen atoms in total. The van der Waals surface area contributed by atoms with Gasteiger partial charge in [-0.2, -0.15) is 0 Å². The molecule has 0 bridgehead atoms. The van der Waals surface area contributed by atoms with Crippen LogP contribution in [0.1, 0.15) is 52.4 Å². The molecule has 1 atom stereocenters. The predicted molar refractivity (Wildman–Crippen MR) is 105 cm³/mol. The van der Waals surface area contributed by atoms with Crippen molar-refractivity contribution in [2.45, 2.75) is 45.6 Å². The van der Waals surface area contributed by atoms with E-state index in [2.05, 4.69) is 0 Å². The Bertz CT molecular complexity index is 1170. The molecule has 2 aromatic carbocycles. The molecule has 0 amide bonds. The maximum atomic E-state index is 10.5. The fourth-order valence-corrected chi connectivity index (χ4v) is 2.00. The Morgan fingerprint density at radius 1 is 1.15 bits per heavy atom. The molecule has 0 aliphatic rings. The van der Waals surface area contributed by atoms with E-state index in [-0.39, 0.29) is 29.4 Å². The summed E-state index contributed by atoms with van der Waals surface area (Å²) in [5.74, 6) is -1.33. The molecule has 0 radical (unpaired) electrons. The van der Waals surface area contributed by atoms with Crippen LogP contribution in [0.4, 0.5) is 0 Å². The fraction of sp³-hybridized carbons (Fsp3) is 0.455. The Hall–Kier alpha value is -2.20. The van der Waals surface area contributed by atoms with Crippen LogP contribution in [0.3, 0.4) is 0 Å². The third kappa shape index (κ3) is 5.95. The van der Waals surface area contributed by atoms with Crippen molar-refractivity contribution in [2.24, 2.45) is 0 Å². The normalized spacial score (nSPS) is 20.8. The summed E-state index contributed by atoms with van der Waals surface area (Å²) in [5.41, 5.74) is 0.546. The third-order valence-electron chi connectivity index (χ3n) is 3.61. The van der Waals surface area contributed by atoms with Crippen molar-refractivity contribution < 1.29 is 35.8 Å². The molecule has 2 rings (SSSR count). The van der Waals surface area contributed by atoms with E-state index in [4.69, 9.17) is 30.7 Å². The number of benzene rings is 2. The van der Waals surface area contributed by atoms with Gasteiger partial charge in [-0.15, -0.1) is 0 Å². The zero-order valence-corrected chi connectivity index (χ0v) is 15.0. The van der Waals surface area contributed by atoms with Gasteiger partial charge in [-0.05, 0) is 73.9 Å². The van der Waals surface area contributed by atoms with Gasteiger partial charge >= 0.3 is 0 Å². The highest BCUT2D eigenvalue weighted by Crippen LogP contribution is 2.28. The van der Waals surface area contributed by atoms with Crippen molar-refractivity contribution in [3.63, 3.8) is 0 Å². The lowest BCUT2D eigenvalue weighted by atomic mass is 10.0. The molecule has 26 heavy (non-hydrogen) atoms. The SMILES string of the molecule is [2H]c1c([2H])c(OCC([2H])(O)CCC([2H])([2H])Cc2c([2H])c([2H])c(OC)c(OC([2H])([2H])[2H])c2[2H])c([2H])c(C)c1C. The monoisotopic (exact) mass is 370 g/mol. The molecule has 0 saturated heterocycles. The Balaban J connectivity index is 2.23. The second-order valence-corrected chi connectivity index (χ2v) is 5.55. The summed E-state index contributed by atoms with van der Waals surface area (Å²) in [6, 6.07) is -2.43. The molecule has 0 aliphatic heterocycles. The van der Waals surface area contributed by atoms with E-state index in [1.165, 1.54) is 0 Å². The van der Waals surface area contributed by atoms with Crippen LogP contribution in [0.2, 0.25) is 0 Å². The molecule has 0 saturated carbocycles. The third-order valence-corrected chi connectivity index (χ3v) is 3.61. The van der Waals surface area contributed by atoms with Crippen LogP contribution in [-0.4, -0.2) is 31.9 Å². The Labute approximate surface area is 173 Å². The lowest BCUT2D eigenvalue weighted by Gasteiger charge is -2.13. The zero-order chi connectivity index (χ0) is 29.4. The van der Waals surface area contributed by atoms with Gasteiger partial charge in [-0.25, -0.2) is 0 Å². The van der Waals surface area contributed by atoms with Crippen LogP contribution in [0, 0.1) is 13.8 Å². The van der Waals surface area contributed by atoms with Gasteiger partial charge in [0, 0.05) is 2.74 Å². The Kier molecular flexibility index (Phi) is 3.54. The molecule has 0 aliphatic carbocycles. The van der Waals surface area contributed by atoms with Gasteiger partial charge < -0.3 is 19.3 Å². The van der Waals surface area contributed by atoms with Gasteiger partial charge in [0.25, 0.3) is 0 Å². The van der Waals surface area contributed by atoms with Crippen molar-refractivity contribution in [2.75, 3.05) is 20.8 Å². The van der Waals surface area contributed by atoms with Gasteiger partial charge in [0.2, 0.25) is 0 Å². The van der Waals surface area contributed by atoms with E-state index in [0.717, 1.165) is 7.11 Å².